The zero-order valence-corrected chi connectivity index (χ0v) is 21.0. The van der Waals surface area contributed by atoms with Crippen molar-refractivity contribution in [3.8, 4) is 0 Å². The number of fused-ring (bicyclic) bond motifs is 2. The first kappa shape index (κ1) is 24.2. The van der Waals surface area contributed by atoms with Gasteiger partial charge in [0.25, 0.3) is 5.91 Å². The van der Waals surface area contributed by atoms with Crippen LogP contribution in [0.15, 0.2) is 10.6 Å². The molecule has 1 aromatic rings. The maximum absolute atomic E-state index is 13.4. The largest absolute Gasteiger partial charge is 0.385 e. The lowest BCUT2D eigenvalue weighted by molar-refractivity contribution is 0.0900. The Morgan fingerprint density at radius 1 is 1.15 bits per heavy atom. The molecule has 190 valence electrons. The molecule has 3 saturated heterocycles. The molecule has 1 unspecified atom stereocenters. The summed E-state index contributed by atoms with van der Waals surface area (Å²) in [5.74, 6) is 1.49. The average Bonchev–Trinajstić information content (AvgIpc) is 3.46. The summed E-state index contributed by atoms with van der Waals surface area (Å²) in [6.45, 7) is 3.73. The quantitative estimate of drug-likeness (QED) is 0.498. The van der Waals surface area contributed by atoms with E-state index < -0.39 is 10.0 Å². The molecule has 1 saturated carbocycles. The maximum Gasteiger partial charge on any atom is 0.273 e. The molecule has 2 bridgehead atoms. The van der Waals surface area contributed by atoms with E-state index in [4.69, 9.17) is 9.26 Å². The van der Waals surface area contributed by atoms with E-state index in [1.54, 1.807) is 13.2 Å². The molecule has 1 aromatic heterocycles. The topological polar surface area (TPSA) is 105 Å². The number of likely N-dealkylation sites (tertiary alicyclic amines) is 1. The highest BCUT2D eigenvalue weighted by molar-refractivity contribution is 7.89. The Morgan fingerprint density at radius 2 is 1.85 bits per heavy atom. The molecule has 4 heterocycles. The van der Waals surface area contributed by atoms with E-state index in [2.05, 4.69) is 15.4 Å². The number of piperidine rings is 2. The first-order valence-electron chi connectivity index (χ1n) is 12.9. The van der Waals surface area contributed by atoms with E-state index >= 15 is 0 Å². The molecule has 3 atom stereocenters. The molecular formula is C24H38N4O5S. The van der Waals surface area contributed by atoms with E-state index in [1.807, 2.05) is 4.31 Å². The second-order valence-corrected chi connectivity index (χ2v) is 12.6. The van der Waals surface area contributed by atoms with Crippen LogP contribution in [0.3, 0.4) is 0 Å². The molecule has 4 fully saturated rings. The van der Waals surface area contributed by atoms with Crippen molar-refractivity contribution in [2.45, 2.75) is 81.8 Å². The second-order valence-electron chi connectivity index (χ2n) is 10.7. The molecule has 1 N–H and O–H groups in total. The molecule has 1 aliphatic carbocycles. The number of nitrogens with one attached hydrogen (secondary N) is 1. The predicted molar refractivity (Wildman–Crippen MR) is 127 cm³/mol. The van der Waals surface area contributed by atoms with E-state index in [9.17, 15) is 13.2 Å². The van der Waals surface area contributed by atoms with Gasteiger partial charge in [0.2, 0.25) is 10.0 Å². The van der Waals surface area contributed by atoms with Crippen LogP contribution >= 0.6 is 0 Å². The van der Waals surface area contributed by atoms with Crippen molar-refractivity contribution in [3.05, 3.63) is 17.5 Å². The lowest BCUT2D eigenvalue weighted by Gasteiger charge is -2.39. The van der Waals surface area contributed by atoms with Crippen LogP contribution in [0.4, 0.5) is 0 Å². The van der Waals surface area contributed by atoms with Crippen molar-refractivity contribution in [1.29, 1.82) is 0 Å². The Kier molecular flexibility index (Phi) is 7.30. The fraction of sp³-hybridized carbons (Fsp3) is 0.833. The minimum absolute atomic E-state index is 0.0116. The van der Waals surface area contributed by atoms with E-state index in [0.717, 1.165) is 76.9 Å². The van der Waals surface area contributed by atoms with Crippen LogP contribution in [0.1, 0.15) is 80.0 Å². The van der Waals surface area contributed by atoms with E-state index in [-0.39, 0.29) is 35.7 Å². The molecule has 10 heteroatoms. The lowest BCUT2D eigenvalue weighted by atomic mass is 9.99. The van der Waals surface area contributed by atoms with Crippen molar-refractivity contribution < 1.29 is 22.5 Å². The lowest BCUT2D eigenvalue weighted by Crippen LogP contribution is -2.53. The number of aromatic nitrogens is 1. The molecule has 0 spiro atoms. The highest BCUT2D eigenvalue weighted by Gasteiger charge is 2.47. The number of hydrogen-bond acceptors (Lipinski definition) is 7. The molecule has 9 nitrogen and oxygen atoms in total. The molecule has 0 aromatic carbocycles. The van der Waals surface area contributed by atoms with Gasteiger partial charge in [-0.2, -0.15) is 4.31 Å². The van der Waals surface area contributed by atoms with Crippen molar-refractivity contribution in [2.24, 2.45) is 5.92 Å². The Balaban J connectivity index is 1.12. The first-order valence-corrected chi connectivity index (χ1v) is 14.5. The Labute approximate surface area is 202 Å². The van der Waals surface area contributed by atoms with Crippen LogP contribution in [0.2, 0.25) is 0 Å². The number of ether oxygens (including phenoxy) is 1. The van der Waals surface area contributed by atoms with Gasteiger partial charge in [0.05, 0.1) is 5.75 Å². The highest BCUT2D eigenvalue weighted by Crippen LogP contribution is 2.41. The summed E-state index contributed by atoms with van der Waals surface area (Å²) in [4.78, 5) is 15.1. The normalized spacial score (nSPS) is 28.9. The summed E-state index contributed by atoms with van der Waals surface area (Å²) in [5, 5.41) is 7.03. The van der Waals surface area contributed by atoms with Crippen molar-refractivity contribution in [2.75, 3.05) is 39.1 Å². The highest BCUT2D eigenvalue weighted by atomic mass is 32.2. The maximum atomic E-state index is 13.4. The third kappa shape index (κ3) is 5.50. The van der Waals surface area contributed by atoms with Crippen LogP contribution in [0.5, 0.6) is 0 Å². The van der Waals surface area contributed by atoms with Crippen LogP contribution in [-0.2, 0) is 14.8 Å². The number of carbonyl (C=O) groups excluding carboxylic acids is 1. The second kappa shape index (κ2) is 10.2. The molecule has 5 rings (SSSR count). The first-order chi connectivity index (χ1) is 16.4. The zero-order chi connectivity index (χ0) is 23.7. The van der Waals surface area contributed by atoms with E-state index in [1.165, 1.54) is 0 Å². The van der Waals surface area contributed by atoms with Gasteiger partial charge in [-0.25, -0.2) is 8.42 Å². The van der Waals surface area contributed by atoms with Gasteiger partial charge in [0, 0.05) is 50.4 Å². The van der Waals surface area contributed by atoms with Gasteiger partial charge in [0.15, 0.2) is 5.69 Å². The van der Waals surface area contributed by atoms with Crippen molar-refractivity contribution in [3.63, 3.8) is 0 Å². The summed E-state index contributed by atoms with van der Waals surface area (Å²) in [5.41, 5.74) is 0.331. The number of nitrogens with zero attached hydrogens (tertiary/aromatic N) is 3. The summed E-state index contributed by atoms with van der Waals surface area (Å²) >= 11 is 0. The third-order valence-corrected chi connectivity index (χ3v) is 10.2. The Bertz CT molecular complexity index is 940. The van der Waals surface area contributed by atoms with Gasteiger partial charge in [0.1, 0.15) is 5.76 Å². The number of methoxy groups -OCH3 is 1. The van der Waals surface area contributed by atoms with Gasteiger partial charge in [-0.1, -0.05) is 5.16 Å². The van der Waals surface area contributed by atoms with Crippen LogP contribution in [-0.4, -0.2) is 85.9 Å². The molecule has 0 radical (unpaired) electrons. The summed E-state index contributed by atoms with van der Waals surface area (Å²) in [6.07, 6.45) is 8.20. The van der Waals surface area contributed by atoms with Gasteiger partial charge < -0.3 is 19.5 Å². The average molecular weight is 495 g/mol. The number of sulfonamides is 1. The van der Waals surface area contributed by atoms with Crippen molar-refractivity contribution >= 4 is 15.9 Å². The number of carbonyl (C=O) groups is 1. The van der Waals surface area contributed by atoms with Crippen LogP contribution in [0, 0.1) is 5.92 Å². The smallest absolute Gasteiger partial charge is 0.273 e. The zero-order valence-electron chi connectivity index (χ0n) is 20.2. The fourth-order valence-electron chi connectivity index (χ4n) is 6.12. The minimum Gasteiger partial charge on any atom is -0.385 e. The molecule has 4 aliphatic rings. The molecule has 34 heavy (non-hydrogen) atoms. The number of hydrogen-bond donors (Lipinski definition) is 1. The number of rotatable bonds is 10. The van der Waals surface area contributed by atoms with Crippen LogP contribution < -0.4 is 5.32 Å². The monoisotopic (exact) mass is 494 g/mol. The molecular weight excluding hydrogens is 456 g/mol. The number of amides is 1. The Hall–Kier alpha value is -1.49. The predicted octanol–water partition coefficient (Wildman–Crippen LogP) is 2.36. The van der Waals surface area contributed by atoms with Crippen molar-refractivity contribution in [1.82, 2.24) is 19.7 Å². The van der Waals surface area contributed by atoms with Crippen LogP contribution in [0.25, 0.3) is 0 Å². The van der Waals surface area contributed by atoms with E-state index in [0.29, 0.717) is 24.5 Å². The fourth-order valence-corrected chi connectivity index (χ4v) is 8.51. The van der Waals surface area contributed by atoms with Gasteiger partial charge in [-0.05, 0) is 76.8 Å². The standard InChI is InChI=1S/C24H38N4O5S/c1-32-12-2-9-27-10-7-17(8-11-27)16-34(30,31)28-20-5-6-21(28)14-19(13-20)25-24(29)22-15-23(33-26-22)18-3-4-18/h15,17-21H,2-14,16H2,1H3,(H,25,29)/t19?,20-,21+. The van der Waals surface area contributed by atoms with Gasteiger partial charge >= 0.3 is 0 Å². The van der Waals surface area contributed by atoms with Gasteiger partial charge in [-0.3, -0.25) is 4.79 Å². The summed E-state index contributed by atoms with van der Waals surface area (Å²) < 4.78 is 39.1. The van der Waals surface area contributed by atoms with Gasteiger partial charge in [-0.15, -0.1) is 0 Å². The Morgan fingerprint density at radius 3 is 2.50 bits per heavy atom. The minimum atomic E-state index is -3.31. The summed E-state index contributed by atoms with van der Waals surface area (Å²) in [7, 11) is -1.58. The summed E-state index contributed by atoms with van der Waals surface area (Å²) in [6, 6.07) is 1.71. The molecule has 3 aliphatic heterocycles. The SMILES string of the molecule is COCCCN1CCC(CS(=O)(=O)N2[C@@H]3CC[C@H]2CC(NC(=O)c2cc(C4CC4)on2)C3)CC1. The molecule has 1 amide bonds. The third-order valence-electron chi connectivity index (χ3n) is 8.04.